The van der Waals surface area contributed by atoms with Crippen LogP contribution in [0.2, 0.25) is 0 Å². The molecule has 17 heavy (non-hydrogen) atoms. The second kappa shape index (κ2) is 5.50. The van der Waals surface area contributed by atoms with Gasteiger partial charge in [0, 0.05) is 18.6 Å². The molecule has 0 amide bonds. The van der Waals surface area contributed by atoms with Crippen molar-refractivity contribution in [1.82, 2.24) is 10.3 Å². The van der Waals surface area contributed by atoms with Crippen molar-refractivity contribution in [1.29, 1.82) is 0 Å². The van der Waals surface area contributed by atoms with E-state index in [0.717, 1.165) is 12.1 Å². The predicted molar refractivity (Wildman–Crippen MR) is 72.4 cm³/mol. The van der Waals surface area contributed by atoms with E-state index in [-0.39, 0.29) is 0 Å². The maximum absolute atomic E-state index is 4.60. The summed E-state index contributed by atoms with van der Waals surface area (Å²) >= 11 is 0. The van der Waals surface area contributed by atoms with E-state index in [4.69, 9.17) is 0 Å². The smallest absolute Gasteiger partial charge is 0.0574 e. The Bertz CT molecular complexity index is 343. The van der Waals surface area contributed by atoms with Crippen molar-refractivity contribution in [3.8, 4) is 0 Å². The zero-order valence-electron chi connectivity index (χ0n) is 11.1. The van der Waals surface area contributed by atoms with E-state index < -0.39 is 0 Å². The van der Waals surface area contributed by atoms with Crippen LogP contribution >= 0.6 is 0 Å². The highest BCUT2D eigenvalue weighted by Gasteiger charge is 2.20. The summed E-state index contributed by atoms with van der Waals surface area (Å²) in [6, 6.07) is 5.41. The number of aromatic nitrogens is 1. The SMILES string of the molecule is CCC(NC)c1ccc(N2CCCC2C)cn1. The number of hydrogen-bond donors (Lipinski definition) is 1. The third-order valence-corrected chi connectivity index (χ3v) is 3.77. The highest BCUT2D eigenvalue weighted by molar-refractivity contribution is 5.46. The Balaban J connectivity index is 2.12. The average Bonchev–Trinajstić information content (AvgIpc) is 2.78. The first-order chi connectivity index (χ1) is 8.26. The molecule has 1 fully saturated rings. The molecule has 1 saturated heterocycles. The fourth-order valence-corrected chi connectivity index (χ4v) is 2.65. The normalized spacial score (nSPS) is 21.8. The van der Waals surface area contributed by atoms with Crippen molar-refractivity contribution in [3.05, 3.63) is 24.0 Å². The van der Waals surface area contributed by atoms with Crippen molar-refractivity contribution in [2.24, 2.45) is 0 Å². The van der Waals surface area contributed by atoms with Crippen molar-refractivity contribution in [2.75, 3.05) is 18.5 Å². The largest absolute Gasteiger partial charge is 0.368 e. The maximum Gasteiger partial charge on any atom is 0.0574 e. The predicted octanol–water partition coefficient (Wildman–Crippen LogP) is 2.74. The quantitative estimate of drug-likeness (QED) is 0.866. The summed E-state index contributed by atoms with van der Waals surface area (Å²) < 4.78 is 0. The van der Waals surface area contributed by atoms with Gasteiger partial charge in [0.2, 0.25) is 0 Å². The van der Waals surface area contributed by atoms with E-state index in [1.807, 2.05) is 13.2 Å². The molecule has 1 aliphatic rings. The molecule has 2 atom stereocenters. The number of nitrogens with one attached hydrogen (secondary N) is 1. The third kappa shape index (κ3) is 2.60. The second-order valence-corrected chi connectivity index (χ2v) is 4.88. The molecule has 0 radical (unpaired) electrons. The van der Waals surface area contributed by atoms with Crippen LogP contribution in [0.15, 0.2) is 18.3 Å². The first-order valence-corrected chi connectivity index (χ1v) is 6.66. The van der Waals surface area contributed by atoms with E-state index in [0.29, 0.717) is 12.1 Å². The Morgan fingerprint density at radius 1 is 1.53 bits per heavy atom. The molecule has 2 rings (SSSR count). The molecule has 0 aromatic carbocycles. The van der Waals surface area contributed by atoms with Crippen LogP contribution in [0, 0.1) is 0 Å². The van der Waals surface area contributed by atoms with E-state index in [1.165, 1.54) is 25.1 Å². The molecule has 0 bridgehead atoms. The van der Waals surface area contributed by atoms with E-state index >= 15 is 0 Å². The van der Waals surface area contributed by atoms with Crippen LogP contribution in [-0.4, -0.2) is 24.6 Å². The second-order valence-electron chi connectivity index (χ2n) is 4.88. The third-order valence-electron chi connectivity index (χ3n) is 3.77. The summed E-state index contributed by atoms with van der Waals surface area (Å²) in [5.41, 5.74) is 2.41. The highest BCUT2D eigenvalue weighted by Crippen LogP contribution is 2.25. The molecule has 94 valence electrons. The summed E-state index contributed by atoms with van der Waals surface area (Å²) in [6.45, 7) is 5.65. The molecular formula is C14H23N3. The van der Waals surface area contributed by atoms with Gasteiger partial charge in [0.15, 0.2) is 0 Å². The molecule has 2 heterocycles. The van der Waals surface area contributed by atoms with Crippen LogP contribution in [0.1, 0.15) is 44.8 Å². The Labute approximate surface area is 104 Å². The molecule has 0 saturated carbocycles. The fourth-order valence-electron chi connectivity index (χ4n) is 2.65. The van der Waals surface area contributed by atoms with Gasteiger partial charge in [0.05, 0.1) is 17.6 Å². The lowest BCUT2D eigenvalue weighted by Crippen LogP contribution is -2.26. The summed E-state index contributed by atoms with van der Waals surface area (Å²) in [5.74, 6) is 0. The van der Waals surface area contributed by atoms with Crippen LogP contribution in [0.4, 0.5) is 5.69 Å². The Kier molecular flexibility index (Phi) is 4.00. The van der Waals surface area contributed by atoms with Gasteiger partial charge in [-0.05, 0) is 45.4 Å². The minimum atomic E-state index is 0.375. The van der Waals surface area contributed by atoms with Gasteiger partial charge < -0.3 is 10.2 Å². The lowest BCUT2D eigenvalue weighted by Gasteiger charge is -2.24. The molecule has 0 spiro atoms. The Hall–Kier alpha value is -1.09. The van der Waals surface area contributed by atoms with Gasteiger partial charge in [-0.3, -0.25) is 4.98 Å². The summed E-state index contributed by atoms with van der Waals surface area (Å²) in [5, 5.41) is 3.29. The van der Waals surface area contributed by atoms with Crippen LogP contribution in [-0.2, 0) is 0 Å². The zero-order chi connectivity index (χ0) is 12.3. The van der Waals surface area contributed by atoms with Crippen LogP contribution in [0.3, 0.4) is 0 Å². The summed E-state index contributed by atoms with van der Waals surface area (Å²) in [4.78, 5) is 7.05. The Morgan fingerprint density at radius 3 is 2.82 bits per heavy atom. The van der Waals surface area contributed by atoms with Gasteiger partial charge in [0.25, 0.3) is 0 Å². The molecule has 3 heteroatoms. The molecule has 1 aromatic heterocycles. The van der Waals surface area contributed by atoms with Crippen LogP contribution in [0.25, 0.3) is 0 Å². The zero-order valence-corrected chi connectivity index (χ0v) is 11.1. The topological polar surface area (TPSA) is 28.2 Å². The van der Waals surface area contributed by atoms with Crippen molar-refractivity contribution in [3.63, 3.8) is 0 Å². The molecule has 1 N–H and O–H groups in total. The number of anilines is 1. The van der Waals surface area contributed by atoms with Gasteiger partial charge in [-0.25, -0.2) is 0 Å². The van der Waals surface area contributed by atoms with Gasteiger partial charge in [-0.1, -0.05) is 6.92 Å². The van der Waals surface area contributed by atoms with Crippen LogP contribution < -0.4 is 10.2 Å². The fraction of sp³-hybridized carbons (Fsp3) is 0.643. The lowest BCUT2D eigenvalue weighted by atomic mass is 10.1. The molecular weight excluding hydrogens is 210 g/mol. The standard InChI is InChI=1S/C14H23N3/c1-4-13(15-3)14-8-7-12(10-16-14)17-9-5-6-11(17)2/h7-8,10-11,13,15H,4-6,9H2,1-3H3. The van der Waals surface area contributed by atoms with Gasteiger partial charge >= 0.3 is 0 Å². The molecule has 1 aromatic rings. The van der Waals surface area contributed by atoms with Gasteiger partial charge in [0.1, 0.15) is 0 Å². The van der Waals surface area contributed by atoms with Gasteiger partial charge in [-0.15, -0.1) is 0 Å². The number of pyridine rings is 1. The lowest BCUT2D eigenvalue weighted by molar-refractivity contribution is 0.561. The Morgan fingerprint density at radius 2 is 2.35 bits per heavy atom. The van der Waals surface area contributed by atoms with Crippen LogP contribution in [0.5, 0.6) is 0 Å². The van der Waals surface area contributed by atoms with Gasteiger partial charge in [-0.2, -0.15) is 0 Å². The monoisotopic (exact) mass is 233 g/mol. The van der Waals surface area contributed by atoms with E-state index in [2.05, 4.69) is 41.2 Å². The maximum atomic E-state index is 4.60. The van der Waals surface area contributed by atoms with Crippen molar-refractivity contribution < 1.29 is 0 Å². The minimum Gasteiger partial charge on any atom is -0.368 e. The molecule has 0 aliphatic carbocycles. The number of nitrogens with zero attached hydrogens (tertiary/aromatic N) is 2. The highest BCUT2D eigenvalue weighted by atomic mass is 15.2. The average molecular weight is 233 g/mol. The first kappa shape index (κ1) is 12.4. The minimum absolute atomic E-state index is 0.375. The first-order valence-electron chi connectivity index (χ1n) is 6.66. The summed E-state index contributed by atoms with van der Waals surface area (Å²) in [6.07, 6.45) is 5.70. The molecule has 3 nitrogen and oxygen atoms in total. The van der Waals surface area contributed by atoms with Crippen molar-refractivity contribution in [2.45, 2.75) is 45.2 Å². The molecule has 2 unspecified atom stereocenters. The number of rotatable bonds is 4. The number of hydrogen-bond acceptors (Lipinski definition) is 3. The molecule has 1 aliphatic heterocycles. The van der Waals surface area contributed by atoms with Crippen molar-refractivity contribution >= 4 is 5.69 Å². The van der Waals surface area contributed by atoms with E-state index in [1.54, 1.807) is 0 Å². The summed E-state index contributed by atoms with van der Waals surface area (Å²) in [7, 11) is 1.99. The van der Waals surface area contributed by atoms with E-state index in [9.17, 15) is 0 Å².